The van der Waals surface area contributed by atoms with Crippen molar-refractivity contribution >= 4 is 31.6 Å². The number of nitrogens with two attached hydrogens (primary N) is 1. The van der Waals surface area contributed by atoms with Crippen LogP contribution in [0.3, 0.4) is 0 Å². The van der Waals surface area contributed by atoms with Gasteiger partial charge in [-0.15, -0.1) is 0 Å². The molecule has 0 saturated carbocycles. The number of morpholine rings is 1. The lowest BCUT2D eigenvalue weighted by molar-refractivity contribution is -0.140. The number of rotatable bonds is 6. The van der Waals surface area contributed by atoms with E-state index in [1.807, 2.05) is 4.90 Å². The third-order valence-corrected chi connectivity index (χ3v) is 10.3. The van der Waals surface area contributed by atoms with Gasteiger partial charge in [0, 0.05) is 32.4 Å². The van der Waals surface area contributed by atoms with Crippen molar-refractivity contribution in [3.05, 3.63) is 77.5 Å². The number of anilines is 1. The van der Waals surface area contributed by atoms with Crippen LogP contribution in [0.4, 0.5) is 19.0 Å². The summed E-state index contributed by atoms with van der Waals surface area (Å²) in [5.41, 5.74) is -1.66. The van der Waals surface area contributed by atoms with Gasteiger partial charge in [-0.1, -0.05) is 18.2 Å². The average Bonchev–Trinajstić information content (AvgIpc) is 3.00. The number of pyridine rings is 1. The Hall–Kier alpha value is -3.53. The number of benzene rings is 2. The number of amides is 1. The van der Waals surface area contributed by atoms with Gasteiger partial charge in [-0.2, -0.15) is 13.2 Å². The highest BCUT2D eigenvalue weighted by atomic mass is 32.2. The molecule has 15 heteroatoms. The number of likely N-dealkylation sites (tertiary alicyclic amines) is 1. The Morgan fingerprint density at radius 1 is 0.907 bits per heavy atom. The fraction of sp³-hybridized carbons (Fsp3) is 0.357. The van der Waals surface area contributed by atoms with Gasteiger partial charge in [0.2, 0.25) is 19.9 Å². The smallest absolute Gasteiger partial charge is 0.378 e. The summed E-state index contributed by atoms with van der Waals surface area (Å²) in [6, 6.07) is 11.7. The predicted octanol–water partition coefficient (Wildman–Crippen LogP) is 3.44. The van der Waals surface area contributed by atoms with E-state index in [0.29, 0.717) is 43.8 Å². The van der Waals surface area contributed by atoms with Crippen LogP contribution in [0.1, 0.15) is 40.2 Å². The number of ether oxygens (including phenoxy) is 1. The molecule has 2 fully saturated rings. The first-order valence-corrected chi connectivity index (χ1v) is 16.5. The molecule has 0 radical (unpaired) electrons. The standard InChI is InChI=1S/C28H29F3N4O6S2/c29-28(30,31)26-23(16-22(17-24(26)43(32,39)40)42(37,38)21-4-2-1-3-5-21)19-8-10-35(11-9-19)27(36)20-6-7-25(33-18-20)34-12-14-41-15-13-34/h1-7,16-19H,8-15H2,(H2,32,39,40). The third-order valence-electron chi connectivity index (χ3n) is 7.61. The van der Waals surface area contributed by atoms with Crippen molar-refractivity contribution in [3.63, 3.8) is 0 Å². The number of carbonyl (C=O) groups is 1. The number of alkyl halides is 3. The van der Waals surface area contributed by atoms with Crippen molar-refractivity contribution in [2.24, 2.45) is 5.14 Å². The highest BCUT2D eigenvalue weighted by molar-refractivity contribution is 7.91. The molecule has 3 heterocycles. The van der Waals surface area contributed by atoms with Crippen molar-refractivity contribution in [3.8, 4) is 0 Å². The Labute approximate surface area is 247 Å². The number of aromatic nitrogens is 1. The van der Waals surface area contributed by atoms with Gasteiger partial charge in [-0.3, -0.25) is 4.79 Å². The second kappa shape index (κ2) is 11.9. The van der Waals surface area contributed by atoms with Crippen LogP contribution in [0.15, 0.2) is 75.5 Å². The number of primary sulfonamides is 1. The SMILES string of the molecule is NS(=O)(=O)c1cc(S(=O)(=O)c2ccccc2)cc(C2CCN(C(=O)c3ccc(N4CCOCC4)nc3)CC2)c1C(F)(F)F. The number of halogens is 3. The van der Waals surface area contributed by atoms with Crippen LogP contribution in [0.2, 0.25) is 0 Å². The van der Waals surface area contributed by atoms with Gasteiger partial charge >= 0.3 is 6.18 Å². The van der Waals surface area contributed by atoms with E-state index >= 15 is 0 Å². The minimum Gasteiger partial charge on any atom is -0.378 e. The first kappa shape index (κ1) is 30.9. The number of hydrogen-bond acceptors (Lipinski definition) is 8. The van der Waals surface area contributed by atoms with E-state index < -0.39 is 52.9 Å². The molecule has 43 heavy (non-hydrogen) atoms. The van der Waals surface area contributed by atoms with Gasteiger partial charge < -0.3 is 14.5 Å². The Bertz CT molecular complexity index is 1700. The number of sulfonamides is 1. The van der Waals surface area contributed by atoms with Crippen LogP contribution in [-0.4, -0.2) is 72.0 Å². The maximum Gasteiger partial charge on any atom is 0.417 e. The zero-order valence-corrected chi connectivity index (χ0v) is 24.5. The predicted molar refractivity (Wildman–Crippen MR) is 150 cm³/mol. The van der Waals surface area contributed by atoms with E-state index in [0.717, 1.165) is 6.07 Å². The van der Waals surface area contributed by atoms with Crippen LogP contribution < -0.4 is 10.0 Å². The Balaban J connectivity index is 1.44. The Morgan fingerprint density at radius 3 is 2.12 bits per heavy atom. The van der Waals surface area contributed by atoms with Crippen molar-refractivity contribution in [1.29, 1.82) is 0 Å². The maximum atomic E-state index is 14.4. The number of nitrogens with zero attached hydrogens (tertiary/aromatic N) is 3. The van der Waals surface area contributed by atoms with Crippen LogP contribution in [-0.2, 0) is 30.8 Å². The number of piperidine rings is 1. The van der Waals surface area contributed by atoms with Crippen LogP contribution in [0, 0.1) is 0 Å². The van der Waals surface area contributed by atoms with Crippen molar-refractivity contribution in [2.75, 3.05) is 44.3 Å². The number of sulfone groups is 1. The summed E-state index contributed by atoms with van der Waals surface area (Å²) in [4.78, 5) is 18.9. The minimum absolute atomic E-state index is 0.0347. The largest absolute Gasteiger partial charge is 0.417 e. The molecule has 2 aromatic carbocycles. The molecule has 230 valence electrons. The summed E-state index contributed by atoms with van der Waals surface area (Å²) in [5.74, 6) is -0.538. The van der Waals surface area contributed by atoms with E-state index in [1.165, 1.54) is 35.4 Å². The highest BCUT2D eigenvalue weighted by Crippen LogP contribution is 2.44. The van der Waals surface area contributed by atoms with Gasteiger partial charge in [0.25, 0.3) is 5.91 Å². The molecule has 0 bridgehead atoms. The van der Waals surface area contributed by atoms with Crippen molar-refractivity contribution in [1.82, 2.24) is 9.88 Å². The summed E-state index contributed by atoms with van der Waals surface area (Å²) in [6.07, 6.45) is -3.62. The highest BCUT2D eigenvalue weighted by Gasteiger charge is 2.42. The van der Waals surface area contributed by atoms with E-state index in [2.05, 4.69) is 4.98 Å². The summed E-state index contributed by atoms with van der Waals surface area (Å²) in [5, 5.41) is 5.20. The van der Waals surface area contributed by atoms with Gasteiger partial charge in [0.15, 0.2) is 0 Å². The summed E-state index contributed by atoms with van der Waals surface area (Å²) in [6.45, 7) is 2.63. The van der Waals surface area contributed by atoms with Crippen LogP contribution in [0.25, 0.3) is 0 Å². The topological polar surface area (TPSA) is 140 Å². The zero-order chi connectivity index (χ0) is 31.0. The zero-order valence-electron chi connectivity index (χ0n) is 22.8. The molecular weight excluding hydrogens is 609 g/mol. The average molecular weight is 639 g/mol. The van der Waals surface area contributed by atoms with E-state index in [-0.39, 0.29) is 36.7 Å². The molecule has 5 rings (SSSR count). The molecule has 0 aliphatic carbocycles. The van der Waals surface area contributed by atoms with E-state index in [9.17, 15) is 34.8 Å². The van der Waals surface area contributed by atoms with Gasteiger partial charge in [0.05, 0.1) is 39.0 Å². The first-order valence-electron chi connectivity index (χ1n) is 13.4. The maximum absolute atomic E-state index is 14.4. The van der Waals surface area contributed by atoms with Gasteiger partial charge in [-0.25, -0.2) is 27.0 Å². The molecule has 1 aromatic heterocycles. The molecule has 2 aliphatic heterocycles. The number of hydrogen-bond donors (Lipinski definition) is 1. The molecule has 10 nitrogen and oxygen atoms in total. The lowest BCUT2D eigenvalue weighted by atomic mass is 9.86. The fourth-order valence-corrected chi connectivity index (χ4v) is 7.65. The van der Waals surface area contributed by atoms with Gasteiger partial charge in [-0.05, 0) is 60.7 Å². The van der Waals surface area contributed by atoms with Crippen LogP contribution in [0.5, 0.6) is 0 Å². The van der Waals surface area contributed by atoms with Crippen LogP contribution >= 0.6 is 0 Å². The lowest BCUT2D eigenvalue weighted by Gasteiger charge is -2.34. The summed E-state index contributed by atoms with van der Waals surface area (Å²) < 4.78 is 100.0. The van der Waals surface area contributed by atoms with E-state index in [4.69, 9.17) is 9.88 Å². The molecule has 2 aliphatic rings. The Morgan fingerprint density at radius 2 is 1.56 bits per heavy atom. The van der Waals surface area contributed by atoms with Gasteiger partial charge in [0.1, 0.15) is 5.82 Å². The molecule has 0 spiro atoms. The Kier molecular flexibility index (Phi) is 8.53. The van der Waals surface area contributed by atoms with Crippen molar-refractivity contribution in [2.45, 2.75) is 39.6 Å². The normalized spacial score (nSPS) is 17.2. The molecule has 0 unspecified atom stereocenters. The molecule has 3 aromatic rings. The second-order valence-corrected chi connectivity index (χ2v) is 13.8. The lowest BCUT2D eigenvalue weighted by Crippen LogP contribution is -2.39. The fourth-order valence-electron chi connectivity index (χ4n) is 5.42. The summed E-state index contributed by atoms with van der Waals surface area (Å²) >= 11 is 0. The molecule has 2 N–H and O–H groups in total. The monoisotopic (exact) mass is 638 g/mol. The molecular formula is C28H29F3N4O6S2. The van der Waals surface area contributed by atoms with Crippen molar-refractivity contribution < 1.29 is 39.5 Å². The quantitative estimate of drug-likeness (QED) is 0.433. The second-order valence-electron chi connectivity index (χ2n) is 10.3. The first-order chi connectivity index (χ1) is 20.3. The third kappa shape index (κ3) is 6.54. The summed E-state index contributed by atoms with van der Waals surface area (Å²) in [7, 11) is -9.37. The molecule has 0 atom stereocenters. The number of carbonyl (C=O) groups excluding carboxylic acids is 1. The molecule has 1 amide bonds. The van der Waals surface area contributed by atoms with E-state index in [1.54, 1.807) is 18.2 Å². The molecule has 2 saturated heterocycles. The minimum atomic E-state index is -5.15.